The number of benzene rings is 1. The summed E-state index contributed by atoms with van der Waals surface area (Å²) in [5.41, 5.74) is 1.87. The van der Waals surface area contributed by atoms with Crippen LogP contribution in [0.4, 0.5) is 5.69 Å². The molecule has 0 saturated heterocycles. The van der Waals surface area contributed by atoms with Gasteiger partial charge in [0.25, 0.3) is 0 Å². The zero-order valence-electron chi connectivity index (χ0n) is 7.04. The smallest absolute Gasteiger partial charge is 0.151 e. The van der Waals surface area contributed by atoms with Gasteiger partial charge in [-0.2, -0.15) is 0 Å². The van der Waals surface area contributed by atoms with Gasteiger partial charge in [-0.1, -0.05) is 0 Å². The predicted octanol–water partition coefficient (Wildman–Crippen LogP) is 2.17. The minimum absolute atomic E-state index is 0.751. The van der Waals surface area contributed by atoms with E-state index in [1.54, 1.807) is 0 Å². The molecule has 0 unspecified atom stereocenters. The van der Waals surface area contributed by atoms with E-state index in [9.17, 15) is 4.79 Å². The highest BCUT2D eigenvalue weighted by Crippen LogP contribution is 2.18. The van der Waals surface area contributed by atoms with Gasteiger partial charge in [-0.3, -0.25) is 4.79 Å². The third kappa shape index (κ3) is 1.97. The van der Waals surface area contributed by atoms with Crippen molar-refractivity contribution in [1.82, 2.24) is 0 Å². The summed E-state index contributed by atoms with van der Waals surface area (Å²) in [6.45, 7) is 0. The molecule has 0 spiro atoms. The number of halogens is 1. The summed E-state index contributed by atoms with van der Waals surface area (Å²) in [7, 11) is 3.96. The van der Waals surface area contributed by atoms with E-state index in [0.29, 0.717) is 0 Å². The van der Waals surface area contributed by atoms with Crippen LogP contribution in [0.5, 0.6) is 0 Å². The number of carbonyl (C=O) groups is 1. The lowest BCUT2D eigenvalue weighted by atomic mass is 10.2. The van der Waals surface area contributed by atoms with Gasteiger partial charge in [0.2, 0.25) is 0 Å². The van der Waals surface area contributed by atoms with Crippen molar-refractivity contribution in [3.05, 3.63) is 27.3 Å². The van der Waals surface area contributed by atoms with Gasteiger partial charge in [-0.15, -0.1) is 0 Å². The van der Waals surface area contributed by atoms with Crippen molar-refractivity contribution in [1.29, 1.82) is 0 Å². The second-order valence-electron chi connectivity index (χ2n) is 2.72. The molecule has 0 bridgehead atoms. The molecule has 1 rings (SSSR count). The van der Waals surface area contributed by atoms with E-state index in [1.165, 1.54) is 0 Å². The highest BCUT2D eigenvalue weighted by molar-refractivity contribution is 14.1. The van der Waals surface area contributed by atoms with Gasteiger partial charge in [0.15, 0.2) is 6.29 Å². The molecule has 1 aromatic rings. The fraction of sp³-hybridized carbons (Fsp3) is 0.222. The molecular formula is C9H10INO. The number of hydrogen-bond donors (Lipinski definition) is 0. The Bertz CT molecular complexity index is 297. The van der Waals surface area contributed by atoms with E-state index < -0.39 is 0 Å². The lowest BCUT2D eigenvalue weighted by Crippen LogP contribution is -2.08. The van der Waals surface area contributed by atoms with Gasteiger partial charge in [-0.25, -0.2) is 0 Å². The van der Waals surface area contributed by atoms with E-state index in [2.05, 4.69) is 22.6 Å². The van der Waals surface area contributed by atoms with Crippen LogP contribution in [0.1, 0.15) is 10.4 Å². The summed E-state index contributed by atoms with van der Waals surface area (Å²) >= 11 is 2.16. The summed E-state index contributed by atoms with van der Waals surface area (Å²) in [4.78, 5) is 12.5. The summed E-state index contributed by atoms with van der Waals surface area (Å²) in [6.07, 6.45) is 0.876. The van der Waals surface area contributed by atoms with Crippen molar-refractivity contribution in [2.45, 2.75) is 0 Å². The van der Waals surface area contributed by atoms with Crippen LogP contribution < -0.4 is 4.90 Å². The Hall–Kier alpha value is -0.580. The molecule has 64 valence electrons. The lowest BCUT2D eigenvalue weighted by molar-refractivity contribution is 0.112. The summed E-state index contributed by atoms with van der Waals surface area (Å²) in [5, 5.41) is 0. The van der Waals surface area contributed by atoms with Crippen LogP contribution in [-0.2, 0) is 0 Å². The van der Waals surface area contributed by atoms with Crippen molar-refractivity contribution in [2.75, 3.05) is 19.0 Å². The van der Waals surface area contributed by atoms with Gasteiger partial charge in [0.05, 0.1) is 0 Å². The third-order valence-electron chi connectivity index (χ3n) is 1.63. The largest absolute Gasteiger partial charge is 0.378 e. The SMILES string of the molecule is CN(C)c1ccc(C=O)c(I)c1. The molecule has 0 fully saturated rings. The normalized spacial score (nSPS) is 9.58. The molecule has 12 heavy (non-hydrogen) atoms. The molecule has 0 radical (unpaired) electrons. The average molecular weight is 275 g/mol. The molecule has 0 aliphatic carbocycles. The van der Waals surface area contributed by atoms with Crippen molar-refractivity contribution in [2.24, 2.45) is 0 Å². The van der Waals surface area contributed by atoms with Crippen LogP contribution in [0.2, 0.25) is 0 Å². The monoisotopic (exact) mass is 275 g/mol. The minimum Gasteiger partial charge on any atom is -0.378 e. The first-order chi connectivity index (χ1) is 5.65. The fourth-order valence-electron chi connectivity index (χ4n) is 0.890. The van der Waals surface area contributed by atoms with Crippen LogP contribution in [-0.4, -0.2) is 20.4 Å². The molecule has 3 heteroatoms. The quantitative estimate of drug-likeness (QED) is 0.609. The van der Waals surface area contributed by atoms with Gasteiger partial charge < -0.3 is 4.90 Å². The summed E-state index contributed by atoms with van der Waals surface area (Å²) in [6, 6.07) is 5.76. The lowest BCUT2D eigenvalue weighted by Gasteiger charge is -2.12. The Kier molecular flexibility index (Phi) is 3.08. The number of carbonyl (C=O) groups excluding carboxylic acids is 1. The van der Waals surface area contributed by atoms with Gasteiger partial charge >= 0.3 is 0 Å². The molecule has 0 amide bonds. The van der Waals surface area contributed by atoms with E-state index in [4.69, 9.17) is 0 Å². The molecule has 1 aromatic carbocycles. The number of hydrogen-bond acceptors (Lipinski definition) is 2. The predicted molar refractivity (Wildman–Crippen MR) is 58.9 cm³/mol. The standard InChI is InChI=1S/C9H10INO/c1-11(2)8-4-3-7(6-12)9(10)5-8/h3-6H,1-2H3. The highest BCUT2D eigenvalue weighted by atomic mass is 127. The molecular weight excluding hydrogens is 265 g/mol. The Balaban J connectivity index is 3.10. The summed E-state index contributed by atoms with van der Waals surface area (Å²) in [5.74, 6) is 0. The van der Waals surface area contributed by atoms with E-state index in [0.717, 1.165) is 21.1 Å². The van der Waals surface area contributed by atoms with Crippen LogP contribution in [0.15, 0.2) is 18.2 Å². The first-order valence-electron chi connectivity index (χ1n) is 3.57. The average Bonchev–Trinajstić information content (AvgIpc) is 2.04. The van der Waals surface area contributed by atoms with Crippen molar-refractivity contribution >= 4 is 34.6 Å². The molecule has 0 atom stereocenters. The fourth-order valence-corrected chi connectivity index (χ4v) is 1.52. The van der Waals surface area contributed by atoms with Gasteiger partial charge in [0.1, 0.15) is 0 Å². The Labute approximate surface area is 85.7 Å². The number of aldehydes is 1. The number of rotatable bonds is 2. The molecule has 2 nitrogen and oxygen atoms in total. The van der Waals surface area contributed by atoms with E-state index >= 15 is 0 Å². The van der Waals surface area contributed by atoms with Crippen molar-refractivity contribution in [3.63, 3.8) is 0 Å². The van der Waals surface area contributed by atoms with Crippen molar-refractivity contribution < 1.29 is 4.79 Å². The number of anilines is 1. The van der Waals surface area contributed by atoms with Crippen molar-refractivity contribution in [3.8, 4) is 0 Å². The van der Waals surface area contributed by atoms with Gasteiger partial charge in [0, 0.05) is 28.9 Å². The highest BCUT2D eigenvalue weighted by Gasteiger charge is 2.00. The first-order valence-corrected chi connectivity index (χ1v) is 4.65. The Morgan fingerprint density at radius 3 is 2.50 bits per heavy atom. The maximum absolute atomic E-state index is 10.5. The van der Waals surface area contributed by atoms with E-state index in [1.807, 2.05) is 37.2 Å². The molecule has 0 saturated carbocycles. The Morgan fingerprint density at radius 2 is 2.08 bits per heavy atom. The maximum atomic E-state index is 10.5. The topological polar surface area (TPSA) is 20.3 Å². The number of nitrogens with zero attached hydrogens (tertiary/aromatic N) is 1. The second kappa shape index (κ2) is 3.89. The molecule has 0 aliphatic heterocycles. The minimum atomic E-state index is 0.751. The zero-order chi connectivity index (χ0) is 9.14. The third-order valence-corrected chi connectivity index (χ3v) is 2.56. The zero-order valence-corrected chi connectivity index (χ0v) is 9.20. The summed E-state index contributed by atoms with van der Waals surface area (Å²) < 4.78 is 0.994. The molecule has 0 aromatic heterocycles. The van der Waals surface area contributed by atoms with Crippen LogP contribution >= 0.6 is 22.6 Å². The van der Waals surface area contributed by atoms with E-state index in [-0.39, 0.29) is 0 Å². The van der Waals surface area contributed by atoms with Crippen LogP contribution in [0, 0.1) is 3.57 Å². The van der Waals surface area contributed by atoms with Crippen LogP contribution in [0.3, 0.4) is 0 Å². The van der Waals surface area contributed by atoms with Crippen LogP contribution in [0.25, 0.3) is 0 Å². The second-order valence-corrected chi connectivity index (χ2v) is 3.88. The molecule has 0 N–H and O–H groups in total. The molecule has 0 heterocycles. The Morgan fingerprint density at radius 1 is 1.42 bits per heavy atom. The maximum Gasteiger partial charge on any atom is 0.151 e. The molecule has 0 aliphatic rings. The van der Waals surface area contributed by atoms with Gasteiger partial charge in [-0.05, 0) is 40.8 Å². The first kappa shape index (κ1) is 9.51.